The first-order chi connectivity index (χ1) is 27.0. The van der Waals surface area contributed by atoms with Gasteiger partial charge in [0.25, 0.3) is 7.82 Å². The molecule has 0 N–H and O–H groups in total. The standard InChI is InChI=1S/C46H82NO8P/c1-6-8-10-12-14-16-18-20-22-23-25-26-28-30-32-34-36-38-45(48)52-42-44(43-54-56(50,51)53-41-40-47(3,4)5)55-46(49)39-37-35-33-31-29-27-24-21-19-17-15-13-11-9-7-2/h20,22,25-26,30,32-33,35,37,39,44H,6-19,21,23-24,27-29,31,34,36,38,40-43H2,1-5H3/b22-20+,26-25+,32-30+,35-33+,39-37+/t44-/m1/s1. The summed E-state index contributed by atoms with van der Waals surface area (Å²) in [6.45, 7) is 4.02. The average Bonchev–Trinajstić information content (AvgIpc) is 3.15. The predicted octanol–water partition coefficient (Wildman–Crippen LogP) is 11.8. The average molecular weight is 808 g/mol. The van der Waals surface area contributed by atoms with E-state index in [1.54, 1.807) is 12.2 Å². The van der Waals surface area contributed by atoms with Crippen molar-refractivity contribution in [2.75, 3.05) is 47.5 Å². The fourth-order valence-corrected chi connectivity index (χ4v) is 6.36. The zero-order chi connectivity index (χ0) is 41.4. The Balaban J connectivity index is 4.55. The first-order valence-electron chi connectivity index (χ1n) is 22.0. The molecular formula is C46H82NO8P. The summed E-state index contributed by atoms with van der Waals surface area (Å²) < 4.78 is 33.6. The third-order valence-electron chi connectivity index (χ3n) is 9.12. The highest BCUT2D eigenvalue weighted by Crippen LogP contribution is 2.38. The Kier molecular flexibility index (Phi) is 36.7. The molecule has 0 aliphatic heterocycles. The molecule has 0 bridgehead atoms. The van der Waals surface area contributed by atoms with Crippen molar-refractivity contribution in [2.24, 2.45) is 0 Å². The fraction of sp³-hybridized carbons (Fsp3) is 0.739. The van der Waals surface area contributed by atoms with Gasteiger partial charge in [-0.25, -0.2) is 4.79 Å². The van der Waals surface area contributed by atoms with Gasteiger partial charge in [0, 0.05) is 12.5 Å². The number of quaternary nitrogens is 1. The Hall–Kier alpha value is -2.29. The van der Waals surface area contributed by atoms with Crippen LogP contribution in [0.1, 0.15) is 168 Å². The lowest BCUT2D eigenvalue weighted by molar-refractivity contribution is -0.870. The summed E-state index contributed by atoms with van der Waals surface area (Å²) >= 11 is 0. The van der Waals surface area contributed by atoms with Crippen LogP contribution in [0, 0.1) is 0 Å². The second-order valence-corrected chi connectivity index (χ2v) is 17.2. The Labute approximate surface area is 343 Å². The van der Waals surface area contributed by atoms with Crippen molar-refractivity contribution in [1.82, 2.24) is 0 Å². The second kappa shape index (κ2) is 38.2. The van der Waals surface area contributed by atoms with Crippen LogP contribution in [0.15, 0.2) is 60.8 Å². The van der Waals surface area contributed by atoms with Crippen molar-refractivity contribution < 1.29 is 42.1 Å². The number of carbonyl (C=O) groups excluding carboxylic acids is 2. The lowest BCUT2D eigenvalue weighted by atomic mass is 10.1. The molecule has 10 heteroatoms. The number of phosphoric ester groups is 1. The van der Waals surface area contributed by atoms with Crippen LogP contribution in [-0.4, -0.2) is 70.0 Å². The SMILES string of the molecule is CCCCCCCC/C=C/C/C=C/C/C=C/CCCC(=O)OC[C@H](COP(=O)([O-])OCC[N+](C)(C)C)OC(=O)/C=C/C=C/CCCCCCCCCCCCC. The zero-order valence-electron chi connectivity index (χ0n) is 36.3. The number of phosphoric acid groups is 1. The van der Waals surface area contributed by atoms with Crippen molar-refractivity contribution in [1.29, 1.82) is 0 Å². The van der Waals surface area contributed by atoms with Crippen molar-refractivity contribution in [2.45, 2.75) is 174 Å². The van der Waals surface area contributed by atoms with E-state index in [9.17, 15) is 19.0 Å². The largest absolute Gasteiger partial charge is 0.756 e. The van der Waals surface area contributed by atoms with Crippen LogP contribution in [0.3, 0.4) is 0 Å². The van der Waals surface area contributed by atoms with Gasteiger partial charge in [0.2, 0.25) is 0 Å². The summed E-state index contributed by atoms with van der Waals surface area (Å²) in [5.74, 6) is -1.15. The summed E-state index contributed by atoms with van der Waals surface area (Å²) in [6.07, 6.45) is 46.1. The van der Waals surface area contributed by atoms with Crippen LogP contribution in [-0.2, 0) is 32.7 Å². The molecular weight excluding hydrogens is 725 g/mol. The smallest absolute Gasteiger partial charge is 0.331 e. The van der Waals surface area contributed by atoms with E-state index in [4.69, 9.17) is 18.5 Å². The molecule has 1 unspecified atom stereocenters. The van der Waals surface area contributed by atoms with E-state index in [-0.39, 0.29) is 19.6 Å². The predicted molar refractivity (Wildman–Crippen MR) is 231 cm³/mol. The number of likely N-dealkylation sites (N-methyl/N-ethyl adjacent to an activating group) is 1. The maximum atomic E-state index is 12.5. The molecule has 0 aromatic carbocycles. The van der Waals surface area contributed by atoms with Gasteiger partial charge in [-0.1, -0.05) is 165 Å². The first-order valence-corrected chi connectivity index (χ1v) is 23.5. The van der Waals surface area contributed by atoms with Gasteiger partial charge in [-0.3, -0.25) is 9.36 Å². The third kappa shape index (κ3) is 41.3. The molecule has 0 saturated heterocycles. The van der Waals surface area contributed by atoms with Gasteiger partial charge in [0.15, 0.2) is 6.10 Å². The minimum Gasteiger partial charge on any atom is -0.756 e. The maximum Gasteiger partial charge on any atom is 0.331 e. The van der Waals surface area contributed by atoms with E-state index in [0.29, 0.717) is 17.4 Å². The molecule has 324 valence electrons. The molecule has 0 saturated carbocycles. The van der Waals surface area contributed by atoms with Gasteiger partial charge >= 0.3 is 11.9 Å². The van der Waals surface area contributed by atoms with Gasteiger partial charge in [0.1, 0.15) is 19.8 Å². The minimum atomic E-state index is -4.66. The molecule has 0 heterocycles. The summed E-state index contributed by atoms with van der Waals surface area (Å²) in [5, 5.41) is 0. The Morgan fingerprint density at radius 2 is 1.09 bits per heavy atom. The number of rotatable bonds is 39. The summed E-state index contributed by atoms with van der Waals surface area (Å²) in [7, 11) is 1.08. The summed E-state index contributed by atoms with van der Waals surface area (Å²) in [5.41, 5.74) is 0. The quantitative estimate of drug-likeness (QED) is 0.0115. The number of hydrogen-bond acceptors (Lipinski definition) is 8. The molecule has 0 rings (SSSR count). The Morgan fingerprint density at radius 3 is 1.62 bits per heavy atom. The number of ether oxygens (including phenoxy) is 2. The van der Waals surface area contributed by atoms with E-state index < -0.39 is 32.5 Å². The Bertz CT molecular complexity index is 1140. The lowest BCUT2D eigenvalue weighted by Gasteiger charge is -2.28. The number of allylic oxidation sites excluding steroid dienone is 9. The van der Waals surface area contributed by atoms with Gasteiger partial charge in [-0.2, -0.15) is 0 Å². The summed E-state index contributed by atoms with van der Waals surface area (Å²) in [4.78, 5) is 37.3. The number of esters is 2. The van der Waals surface area contributed by atoms with E-state index in [1.807, 2.05) is 33.3 Å². The van der Waals surface area contributed by atoms with Crippen molar-refractivity contribution in [3.8, 4) is 0 Å². The molecule has 0 aromatic rings. The monoisotopic (exact) mass is 808 g/mol. The van der Waals surface area contributed by atoms with Crippen LogP contribution < -0.4 is 4.89 Å². The normalized spacial score (nSPS) is 14.2. The van der Waals surface area contributed by atoms with Gasteiger partial charge in [-0.05, 0) is 51.4 Å². The molecule has 0 aromatic heterocycles. The molecule has 9 nitrogen and oxygen atoms in total. The first kappa shape index (κ1) is 53.7. The van der Waals surface area contributed by atoms with Crippen LogP contribution >= 0.6 is 7.82 Å². The van der Waals surface area contributed by atoms with E-state index in [2.05, 4.69) is 44.2 Å². The van der Waals surface area contributed by atoms with Crippen LogP contribution in [0.2, 0.25) is 0 Å². The van der Waals surface area contributed by atoms with E-state index >= 15 is 0 Å². The number of nitrogens with zero attached hydrogens (tertiary/aromatic N) is 1. The van der Waals surface area contributed by atoms with Crippen LogP contribution in [0.4, 0.5) is 0 Å². The second-order valence-electron chi connectivity index (χ2n) is 15.8. The highest BCUT2D eigenvalue weighted by molar-refractivity contribution is 7.45. The van der Waals surface area contributed by atoms with Crippen LogP contribution in [0.25, 0.3) is 0 Å². The molecule has 0 fully saturated rings. The highest BCUT2D eigenvalue weighted by Gasteiger charge is 2.21. The third-order valence-corrected chi connectivity index (χ3v) is 10.1. The van der Waals surface area contributed by atoms with Gasteiger partial charge < -0.3 is 27.9 Å². The van der Waals surface area contributed by atoms with Crippen molar-refractivity contribution in [3.63, 3.8) is 0 Å². The van der Waals surface area contributed by atoms with Crippen molar-refractivity contribution in [3.05, 3.63) is 60.8 Å². The van der Waals surface area contributed by atoms with Gasteiger partial charge in [0.05, 0.1) is 27.7 Å². The molecule has 0 radical (unpaired) electrons. The number of carbonyl (C=O) groups is 2. The van der Waals surface area contributed by atoms with Crippen molar-refractivity contribution >= 4 is 19.8 Å². The molecule has 0 aliphatic carbocycles. The molecule has 0 spiro atoms. The number of unbranched alkanes of at least 4 members (excludes halogenated alkanes) is 18. The van der Waals surface area contributed by atoms with Crippen LogP contribution in [0.5, 0.6) is 0 Å². The zero-order valence-corrected chi connectivity index (χ0v) is 37.2. The maximum absolute atomic E-state index is 12.5. The highest BCUT2D eigenvalue weighted by atomic mass is 31.2. The fourth-order valence-electron chi connectivity index (χ4n) is 5.64. The Morgan fingerprint density at radius 1 is 0.607 bits per heavy atom. The molecule has 0 aliphatic rings. The topological polar surface area (TPSA) is 111 Å². The lowest BCUT2D eigenvalue weighted by Crippen LogP contribution is -2.37. The van der Waals surface area contributed by atoms with E-state index in [1.165, 1.54) is 109 Å². The minimum absolute atomic E-state index is 0.0561. The molecule has 2 atom stereocenters. The van der Waals surface area contributed by atoms with E-state index in [0.717, 1.165) is 38.5 Å². The molecule has 0 amide bonds. The van der Waals surface area contributed by atoms with Gasteiger partial charge in [-0.15, -0.1) is 0 Å². The molecule has 56 heavy (non-hydrogen) atoms. The number of hydrogen-bond donors (Lipinski definition) is 0. The summed E-state index contributed by atoms with van der Waals surface area (Å²) in [6, 6.07) is 0.